The molecule has 1 aliphatic heterocycles. The molecule has 1 saturated heterocycles. The molecule has 0 bridgehead atoms. The molecule has 2 heterocycles. The predicted molar refractivity (Wildman–Crippen MR) is 95.1 cm³/mol. The van der Waals surface area contributed by atoms with Crippen molar-refractivity contribution in [1.29, 1.82) is 0 Å². The number of hydrogen-bond acceptors (Lipinski definition) is 3. The van der Waals surface area contributed by atoms with Crippen molar-refractivity contribution in [3.05, 3.63) is 53.9 Å². The summed E-state index contributed by atoms with van der Waals surface area (Å²) in [7, 11) is 0. The SMILES string of the molecule is CC(=O)N1CCN(C(=O)c2ccnn2C(C)C)C[C@@H]1c1ccccc1. The van der Waals surface area contributed by atoms with Crippen molar-refractivity contribution >= 4 is 11.8 Å². The molecule has 0 aliphatic carbocycles. The Bertz CT molecular complexity index is 754. The summed E-state index contributed by atoms with van der Waals surface area (Å²) in [4.78, 5) is 28.7. The number of rotatable bonds is 3. The summed E-state index contributed by atoms with van der Waals surface area (Å²) in [6.07, 6.45) is 1.66. The summed E-state index contributed by atoms with van der Waals surface area (Å²) in [6, 6.07) is 11.7. The molecule has 6 heteroatoms. The smallest absolute Gasteiger partial charge is 0.272 e. The fourth-order valence-electron chi connectivity index (χ4n) is 3.36. The number of carbonyl (C=O) groups excluding carboxylic acids is 2. The third kappa shape index (κ3) is 3.43. The number of aromatic nitrogens is 2. The molecular weight excluding hydrogens is 316 g/mol. The van der Waals surface area contributed by atoms with E-state index >= 15 is 0 Å². The van der Waals surface area contributed by atoms with Crippen LogP contribution in [0.1, 0.15) is 48.9 Å². The second kappa shape index (κ2) is 7.09. The summed E-state index contributed by atoms with van der Waals surface area (Å²) in [5, 5.41) is 4.26. The molecule has 1 fully saturated rings. The van der Waals surface area contributed by atoms with E-state index < -0.39 is 0 Å². The van der Waals surface area contributed by atoms with Crippen LogP contribution >= 0.6 is 0 Å². The van der Waals surface area contributed by atoms with Crippen molar-refractivity contribution in [1.82, 2.24) is 19.6 Å². The van der Waals surface area contributed by atoms with Gasteiger partial charge in [0.2, 0.25) is 5.91 Å². The van der Waals surface area contributed by atoms with E-state index in [1.165, 1.54) is 0 Å². The van der Waals surface area contributed by atoms with Gasteiger partial charge in [-0.15, -0.1) is 0 Å². The first kappa shape index (κ1) is 17.2. The molecule has 1 aliphatic rings. The van der Waals surface area contributed by atoms with Crippen LogP contribution in [0.2, 0.25) is 0 Å². The van der Waals surface area contributed by atoms with Gasteiger partial charge in [-0.05, 0) is 25.5 Å². The summed E-state index contributed by atoms with van der Waals surface area (Å²) in [5.41, 5.74) is 1.64. The van der Waals surface area contributed by atoms with E-state index in [1.807, 2.05) is 54.0 Å². The molecule has 0 N–H and O–H groups in total. The van der Waals surface area contributed by atoms with Crippen LogP contribution in [0, 0.1) is 0 Å². The molecule has 0 unspecified atom stereocenters. The minimum Gasteiger partial charge on any atom is -0.333 e. The number of carbonyl (C=O) groups is 2. The molecule has 0 saturated carbocycles. The number of nitrogens with zero attached hydrogens (tertiary/aromatic N) is 4. The van der Waals surface area contributed by atoms with Gasteiger partial charge in [0, 0.05) is 38.8 Å². The van der Waals surface area contributed by atoms with Gasteiger partial charge in [-0.3, -0.25) is 14.3 Å². The largest absolute Gasteiger partial charge is 0.333 e. The Labute approximate surface area is 148 Å². The maximum Gasteiger partial charge on any atom is 0.272 e. The molecule has 6 nitrogen and oxygen atoms in total. The van der Waals surface area contributed by atoms with Crippen molar-refractivity contribution in [3.63, 3.8) is 0 Å². The van der Waals surface area contributed by atoms with Crippen LogP contribution in [-0.2, 0) is 4.79 Å². The molecule has 0 radical (unpaired) electrons. The molecule has 3 rings (SSSR count). The number of amides is 2. The lowest BCUT2D eigenvalue weighted by molar-refractivity contribution is -0.133. The van der Waals surface area contributed by atoms with Gasteiger partial charge in [-0.1, -0.05) is 30.3 Å². The minimum atomic E-state index is -0.119. The van der Waals surface area contributed by atoms with E-state index in [4.69, 9.17) is 0 Å². The fraction of sp³-hybridized carbons (Fsp3) is 0.421. The van der Waals surface area contributed by atoms with Crippen LogP contribution in [0.4, 0.5) is 0 Å². The quantitative estimate of drug-likeness (QED) is 0.863. The molecule has 1 aromatic carbocycles. The van der Waals surface area contributed by atoms with Crippen molar-refractivity contribution in [2.75, 3.05) is 19.6 Å². The van der Waals surface area contributed by atoms with Crippen molar-refractivity contribution in [2.24, 2.45) is 0 Å². The van der Waals surface area contributed by atoms with Crippen LogP contribution in [0.15, 0.2) is 42.6 Å². The fourth-order valence-corrected chi connectivity index (χ4v) is 3.36. The summed E-state index contributed by atoms with van der Waals surface area (Å²) in [6.45, 7) is 7.16. The minimum absolute atomic E-state index is 0.0321. The van der Waals surface area contributed by atoms with Gasteiger partial charge in [0.25, 0.3) is 5.91 Å². The van der Waals surface area contributed by atoms with E-state index in [0.29, 0.717) is 25.3 Å². The van der Waals surface area contributed by atoms with Gasteiger partial charge in [-0.25, -0.2) is 0 Å². The van der Waals surface area contributed by atoms with Crippen LogP contribution in [-0.4, -0.2) is 51.0 Å². The van der Waals surface area contributed by atoms with Crippen LogP contribution < -0.4 is 0 Å². The molecule has 0 spiro atoms. The highest BCUT2D eigenvalue weighted by Crippen LogP contribution is 2.26. The maximum absolute atomic E-state index is 13.0. The molecule has 25 heavy (non-hydrogen) atoms. The Morgan fingerprint density at radius 3 is 2.48 bits per heavy atom. The first-order chi connectivity index (χ1) is 12.0. The van der Waals surface area contributed by atoms with Crippen LogP contribution in [0.25, 0.3) is 0 Å². The molecule has 132 valence electrons. The first-order valence-electron chi connectivity index (χ1n) is 8.64. The molecular formula is C19H24N4O2. The topological polar surface area (TPSA) is 58.4 Å². The average molecular weight is 340 g/mol. The Morgan fingerprint density at radius 2 is 1.84 bits per heavy atom. The molecule has 1 aromatic heterocycles. The third-order valence-electron chi connectivity index (χ3n) is 4.63. The molecule has 1 atom stereocenters. The Kier molecular flexibility index (Phi) is 4.88. The van der Waals surface area contributed by atoms with Gasteiger partial charge in [-0.2, -0.15) is 5.10 Å². The summed E-state index contributed by atoms with van der Waals surface area (Å²) >= 11 is 0. The zero-order valence-electron chi connectivity index (χ0n) is 14.9. The van der Waals surface area contributed by atoms with Crippen LogP contribution in [0.5, 0.6) is 0 Å². The van der Waals surface area contributed by atoms with Crippen molar-refractivity contribution < 1.29 is 9.59 Å². The normalized spacial score (nSPS) is 17.8. The number of benzene rings is 1. The van der Waals surface area contributed by atoms with Gasteiger partial charge in [0.05, 0.1) is 6.04 Å². The van der Waals surface area contributed by atoms with Gasteiger partial charge < -0.3 is 9.80 Å². The zero-order chi connectivity index (χ0) is 18.0. The second-order valence-corrected chi connectivity index (χ2v) is 6.64. The van der Waals surface area contributed by atoms with Crippen molar-refractivity contribution in [2.45, 2.75) is 32.9 Å². The number of piperazine rings is 1. The lowest BCUT2D eigenvalue weighted by Crippen LogP contribution is -2.52. The predicted octanol–water partition coefficient (Wildman–Crippen LogP) is 2.51. The van der Waals surface area contributed by atoms with E-state index in [-0.39, 0.29) is 23.9 Å². The Hall–Kier alpha value is -2.63. The van der Waals surface area contributed by atoms with E-state index in [0.717, 1.165) is 5.56 Å². The van der Waals surface area contributed by atoms with Crippen LogP contribution in [0.3, 0.4) is 0 Å². The van der Waals surface area contributed by atoms with Gasteiger partial charge >= 0.3 is 0 Å². The second-order valence-electron chi connectivity index (χ2n) is 6.64. The van der Waals surface area contributed by atoms with Gasteiger partial charge in [0.1, 0.15) is 5.69 Å². The Morgan fingerprint density at radius 1 is 1.12 bits per heavy atom. The van der Waals surface area contributed by atoms with E-state index in [1.54, 1.807) is 23.9 Å². The van der Waals surface area contributed by atoms with Crippen molar-refractivity contribution in [3.8, 4) is 0 Å². The Balaban J connectivity index is 1.86. The average Bonchev–Trinajstić information content (AvgIpc) is 3.11. The van der Waals surface area contributed by atoms with E-state index in [9.17, 15) is 9.59 Å². The highest BCUT2D eigenvalue weighted by atomic mass is 16.2. The highest BCUT2D eigenvalue weighted by molar-refractivity contribution is 5.92. The first-order valence-corrected chi connectivity index (χ1v) is 8.64. The molecule has 2 aromatic rings. The monoisotopic (exact) mass is 340 g/mol. The number of hydrogen-bond donors (Lipinski definition) is 0. The lowest BCUT2D eigenvalue weighted by atomic mass is 10.0. The lowest BCUT2D eigenvalue weighted by Gasteiger charge is -2.41. The van der Waals surface area contributed by atoms with E-state index in [2.05, 4.69) is 5.10 Å². The third-order valence-corrected chi connectivity index (χ3v) is 4.63. The molecule has 2 amide bonds. The standard InChI is InChI=1S/C19H24N4O2/c1-14(2)23-17(9-10-20-23)19(25)21-11-12-22(15(3)24)18(13-21)16-7-5-4-6-8-16/h4-10,14,18H,11-13H2,1-3H3/t18-/m1/s1. The zero-order valence-corrected chi connectivity index (χ0v) is 14.9. The van der Waals surface area contributed by atoms with Gasteiger partial charge in [0.15, 0.2) is 0 Å². The maximum atomic E-state index is 13.0. The highest BCUT2D eigenvalue weighted by Gasteiger charge is 2.33. The summed E-state index contributed by atoms with van der Waals surface area (Å²) < 4.78 is 1.75. The summed E-state index contributed by atoms with van der Waals surface area (Å²) in [5.74, 6) is 0.00325.